The Morgan fingerprint density at radius 2 is 2.18 bits per heavy atom. The lowest BCUT2D eigenvalue weighted by atomic mass is 10.1. The van der Waals surface area contributed by atoms with Crippen LogP contribution in [0.25, 0.3) is 5.78 Å². The smallest absolute Gasteiger partial charge is 0.219 e. The molecule has 0 atom stereocenters. The van der Waals surface area contributed by atoms with Gasteiger partial charge >= 0.3 is 0 Å². The highest BCUT2D eigenvalue weighted by Crippen LogP contribution is 2.03. The van der Waals surface area contributed by atoms with E-state index < -0.39 is 0 Å². The lowest BCUT2D eigenvalue weighted by Crippen LogP contribution is -1.93. The van der Waals surface area contributed by atoms with Gasteiger partial charge in [-0.05, 0) is 24.8 Å². The number of nitrogens with zero attached hydrogens (tertiary/aromatic N) is 4. The van der Waals surface area contributed by atoms with Crippen LogP contribution in [0.5, 0.6) is 0 Å². The van der Waals surface area contributed by atoms with Gasteiger partial charge in [-0.2, -0.15) is 10.1 Å². The van der Waals surface area contributed by atoms with E-state index in [0.717, 1.165) is 12.0 Å². The highest BCUT2D eigenvalue weighted by atomic mass is 15.3. The third-order valence-electron chi connectivity index (χ3n) is 2.68. The molecule has 2 aromatic heterocycles. The van der Waals surface area contributed by atoms with Gasteiger partial charge in [0.25, 0.3) is 5.78 Å². The number of aromatic nitrogens is 4. The summed E-state index contributed by atoms with van der Waals surface area (Å²) in [6, 6.07) is 0. The van der Waals surface area contributed by atoms with Gasteiger partial charge in [0.15, 0.2) is 0 Å². The third kappa shape index (κ3) is 3.37. The van der Waals surface area contributed by atoms with Crippen molar-refractivity contribution in [2.45, 2.75) is 39.0 Å². The van der Waals surface area contributed by atoms with E-state index in [-0.39, 0.29) is 0 Å². The van der Waals surface area contributed by atoms with Gasteiger partial charge < -0.3 is 0 Å². The SMILES string of the molecule is CCCCCC=CCc1cnc2ncnn2c1. The molecule has 17 heavy (non-hydrogen) atoms. The molecule has 0 spiro atoms. The van der Waals surface area contributed by atoms with E-state index in [0.29, 0.717) is 5.78 Å². The van der Waals surface area contributed by atoms with Gasteiger partial charge in [-0.3, -0.25) is 0 Å². The molecule has 4 heteroatoms. The zero-order valence-electron chi connectivity index (χ0n) is 10.2. The van der Waals surface area contributed by atoms with Crippen LogP contribution >= 0.6 is 0 Å². The van der Waals surface area contributed by atoms with Crippen molar-refractivity contribution in [1.82, 2.24) is 19.6 Å². The first kappa shape index (κ1) is 11.8. The lowest BCUT2D eigenvalue weighted by Gasteiger charge is -1.96. The first-order valence-electron chi connectivity index (χ1n) is 6.19. The van der Waals surface area contributed by atoms with Crippen LogP contribution in [-0.4, -0.2) is 19.6 Å². The average molecular weight is 230 g/mol. The molecule has 0 saturated heterocycles. The van der Waals surface area contributed by atoms with Crippen LogP contribution < -0.4 is 0 Å². The molecule has 0 aliphatic carbocycles. The molecule has 0 aromatic carbocycles. The second kappa shape index (κ2) is 6.13. The van der Waals surface area contributed by atoms with Crippen molar-refractivity contribution in [3.05, 3.63) is 36.4 Å². The predicted octanol–water partition coefficient (Wildman–Crippen LogP) is 2.80. The molecule has 2 aromatic rings. The normalized spacial score (nSPS) is 11.6. The van der Waals surface area contributed by atoms with Crippen LogP contribution in [0.1, 0.15) is 38.2 Å². The Balaban J connectivity index is 1.85. The van der Waals surface area contributed by atoms with Gasteiger partial charge in [0.2, 0.25) is 0 Å². The van der Waals surface area contributed by atoms with Gasteiger partial charge in [-0.15, -0.1) is 0 Å². The summed E-state index contributed by atoms with van der Waals surface area (Å²) in [5, 5.41) is 4.07. The van der Waals surface area contributed by atoms with Gasteiger partial charge in [-0.1, -0.05) is 31.9 Å². The van der Waals surface area contributed by atoms with Crippen molar-refractivity contribution in [2.75, 3.05) is 0 Å². The minimum atomic E-state index is 0.653. The standard InChI is InChI=1S/C13H18N4/c1-2-3-4-5-6-7-8-12-9-14-13-15-11-16-17(13)10-12/h6-7,9-11H,2-5,8H2,1H3. The zero-order valence-corrected chi connectivity index (χ0v) is 10.2. The van der Waals surface area contributed by atoms with Crippen molar-refractivity contribution in [2.24, 2.45) is 0 Å². The molecule has 0 N–H and O–H groups in total. The van der Waals surface area contributed by atoms with Crippen molar-refractivity contribution < 1.29 is 0 Å². The molecule has 0 bridgehead atoms. The van der Waals surface area contributed by atoms with Crippen LogP contribution in [0.15, 0.2) is 30.9 Å². The summed E-state index contributed by atoms with van der Waals surface area (Å²) in [6.07, 6.45) is 15.8. The maximum Gasteiger partial charge on any atom is 0.252 e. The Labute approximate surface area is 101 Å². The second-order valence-corrected chi connectivity index (χ2v) is 4.14. The summed E-state index contributed by atoms with van der Waals surface area (Å²) in [4.78, 5) is 8.24. The number of allylic oxidation sites excluding steroid dienone is 2. The summed E-state index contributed by atoms with van der Waals surface area (Å²) in [5.41, 5.74) is 1.16. The summed E-state index contributed by atoms with van der Waals surface area (Å²) < 4.78 is 1.71. The summed E-state index contributed by atoms with van der Waals surface area (Å²) in [6.45, 7) is 2.22. The van der Waals surface area contributed by atoms with Crippen LogP contribution in [0, 0.1) is 0 Å². The molecule has 0 aliphatic heterocycles. The van der Waals surface area contributed by atoms with Gasteiger partial charge in [-0.25, -0.2) is 9.50 Å². The Bertz CT molecular complexity index is 487. The van der Waals surface area contributed by atoms with E-state index in [1.807, 2.05) is 12.4 Å². The Kier molecular flexibility index (Phi) is 4.24. The second-order valence-electron chi connectivity index (χ2n) is 4.14. The topological polar surface area (TPSA) is 43.1 Å². The minimum absolute atomic E-state index is 0.653. The molecular formula is C13H18N4. The van der Waals surface area contributed by atoms with Crippen molar-refractivity contribution in [1.29, 1.82) is 0 Å². The highest BCUT2D eigenvalue weighted by Gasteiger charge is 1.97. The number of fused-ring (bicyclic) bond motifs is 1. The molecule has 2 heterocycles. The molecule has 0 radical (unpaired) electrons. The van der Waals surface area contributed by atoms with E-state index in [1.54, 1.807) is 4.52 Å². The largest absolute Gasteiger partial charge is 0.252 e. The maximum absolute atomic E-state index is 4.22. The van der Waals surface area contributed by atoms with Crippen LogP contribution in [0.3, 0.4) is 0 Å². The quantitative estimate of drug-likeness (QED) is 0.566. The molecule has 0 amide bonds. The Morgan fingerprint density at radius 3 is 3.06 bits per heavy atom. The summed E-state index contributed by atoms with van der Waals surface area (Å²) >= 11 is 0. The fraction of sp³-hybridized carbons (Fsp3) is 0.462. The van der Waals surface area contributed by atoms with Crippen LogP contribution in [0.2, 0.25) is 0 Å². The molecule has 0 aliphatic rings. The molecule has 0 fully saturated rings. The first-order chi connectivity index (χ1) is 8.40. The zero-order chi connectivity index (χ0) is 11.9. The molecule has 90 valence electrons. The minimum Gasteiger partial charge on any atom is -0.219 e. The Hall–Kier alpha value is -1.71. The molecular weight excluding hydrogens is 212 g/mol. The van der Waals surface area contributed by atoms with Crippen LogP contribution in [0.4, 0.5) is 0 Å². The lowest BCUT2D eigenvalue weighted by molar-refractivity contribution is 0.728. The highest BCUT2D eigenvalue weighted by molar-refractivity contribution is 5.26. The van der Waals surface area contributed by atoms with E-state index in [4.69, 9.17) is 0 Å². The maximum atomic E-state index is 4.22. The van der Waals surface area contributed by atoms with Gasteiger partial charge in [0.1, 0.15) is 6.33 Å². The monoisotopic (exact) mass is 230 g/mol. The molecule has 0 unspecified atom stereocenters. The predicted molar refractivity (Wildman–Crippen MR) is 67.8 cm³/mol. The van der Waals surface area contributed by atoms with Gasteiger partial charge in [0.05, 0.1) is 0 Å². The Morgan fingerprint density at radius 1 is 1.24 bits per heavy atom. The van der Waals surface area contributed by atoms with Crippen molar-refractivity contribution in [3.63, 3.8) is 0 Å². The molecule has 2 rings (SSSR count). The average Bonchev–Trinajstić information content (AvgIpc) is 2.81. The van der Waals surface area contributed by atoms with E-state index in [2.05, 4.69) is 34.1 Å². The third-order valence-corrected chi connectivity index (χ3v) is 2.68. The van der Waals surface area contributed by atoms with Gasteiger partial charge in [0, 0.05) is 12.4 Å². The number of hydrogen-bond donors (Lipinski definition) is 0. The van der Waals surface area contributed by atoms with Crippen molar-refractivity contribution in [3.8, 4) is 0 Å². The van der Waals surface area contributed by atoms with E-state index >= 15 is 0 Å². The molecule has 0 saturated carbocycles. The first-order valence-corrected chi connectivity index (χ1v) is 6.19. The fourth-order valence-corrected chi connectivity index (χ4v) is 1.71. The molecule has 4 nitrogen and oxygen atoms in total. The fourth-order valence-electron chi connectivity index (χ4n) is 1.71. The summed E-state index contributed by atoms with van der Waals surface area (Å²) in [7, 11) is 0. The van der Waals surface area contributed by atoms with Crippen molar-refractivity contribution >= 4 is 5.78 Å². The van der Waals surface area contributed by atoms with E-state index in [9.17, 15) is 0 Å². The number of unbranched alkanes of at least 4 members (excludes halogenated alkanes) is 3. The van der Waals surface area contributed by atoms with E-state index in [1.165, 1.54) is 32.0 Å². The summed E-state index contributed by atoms with van der Waals surface area (Å²) in [5.74, 6) is 0.653. The number of hydrogen-bond acceptors (Lipinski definition) is 3. The number of rotatable bonds is 6. The van der Waals surface area contributed by atoms with Crippen LogP contribution in [-0.2, 0) is 6.42 Å².